The van der Waals surface area contributed by atoms with Crippen LogP contribution in [0.2, 0.25) is 0 Å². The van der Waals surface area contributed by atoms with Gasteiger partial charge in [0, 0.05) is 29.7 Å². The van der Waals surface area contributed by atoms with Crippen LogP contribution in [0.15, 0.2) is 28.7 Å². The van der Waals surface area contributed by atoms with E-state index in [1.165, 1.54) is 0 Å². The lowest BCUT2D eigenvalue weighted by molar-refractivity contribution is 0.0147. The second kappa shape index (κ2) is 7.17. The molecule has 19 heavy (non-hydrogen) atoms. The SMILES string of the molecule is CCOC1CCN(CC(=O)c2cccc(Br)c2)CC1. The summed E-state index contributed by atoms with van der Waals surface area (Å²) in [7, 11) is 0. The standard InChI is InChI=1S/C15H20BrNO2/c1-2-19-14-6-8-17(9-7-14)11-15(18)12-4-3-5-13(16)10-12/h3-5,10,14H,2,6-9,11H2,1H3. The lowest BCUT2D eigenvalue weighted by Crippen LogP contribution is -2.39. The first-order valence-corrected chi connectivity index (χ1v) is 7.61. The van der Waals surface area contributed by atoms with Gasteiger partial charge >= 0.3 is 0 Å². The van der Waals surface area contributed by atoms with Crippen molar-refractivity contribution in [3.8, 4) is 0 Å². The molecule has 0 aromatic heterocycles. The van der Waals surface area contributed by atoms with Gasteiger partial charge < -0.3 is 4.74 Å². The van der Waals surface area contributed by atoms with Crippen molar-refractivity contribution in [2.45, 2.75) is 25.9 Å². The van der Waals surface area contributed by atoms with Crippen molar-refractivity contribution < 1.29 is 9.53 Å². The maximum Gasteiger partial charge on any atom is 0.176 e. The minimum Gasteiger partial charge on any atom is -0.378 e. The van der Waals surface area contributed by atoms with Crippen molar-refractivity contribution in [2.75, 3.05) is 26.2 Å². The van der Waals surface area contributed by atoms with Gasteiger partial charge in [-0.25, -0.2) is 0 Å². The summed E-state index contributed by atoms with van der Waals surface area (Å²) in [6, 6.07) is 7.60. The number of halogens is 1. The van der Waals surface area contributed by atoms with Gasteiger partial charge in [-0.1, -0.05) is 28.1 Å². The zero-order chi connectivity index (χ0) is 13.7. The fourth-order valence-corrected chi connectivity index (χ4v) is 2.83. The smallest absolute Gasteiger partial charge is 0.176 e. The van der Waals surface area contributed by atoms with Crippen molar-refractivity contribution in [3.63, 3.8) is 0 Å². The number of Topliss-reactive ketones (excluding diaryl/α,β-unsaturated/α-hetero) is 1. The van der Waals surface area contributed by atoms with Crippen LogP contribution in [0.25, 0.3) is 0 Å². The molecule has 0 saturated carbocycles. The average Bonchev–Trinajstić information content (AvgIpc) is 2.41. The fourth-order valence-electron chi connectivity index (χ4n) is 2.43. The quantitative estimate of drug-likeness (QED) is 0.779. The third-order valence-corrected chi connectivity index (χ3v) is 3.94. The molecule has 0 unspecified atom stereocenters. The molecule has 1 aromatic carbocycles. The van der Waals surface area contributed by atoms with E-state index in [0.29, 0.717) is 12.6 Å². The summed E-state index contributed by atoms with van der Waals surface area (Å²) in [6.45, 7) is 5.22. The van der Waals surface area contributed by atoms with Crippen LogP contribution in [0.5, 0.6) is 0 Å². The third kappa shape index (κ3) is 4.41. The average molecular weight is 326 g/mol. The molecule has 1 heterocycles. The molecular formula is C15H20BrNO2. The number of piperidine rings is 1. The second-order valence-corrected chi connectivity index (χ2v) is 5.78. The monoisotopic (exact) mass is 325 g/mol. The molecule has 0 spiro atoms. The van der Waals surface area contributed by atoms with Gasteiger partial charge in [0.2, 0.25) is 0 Å². The van der Waals surface area contributed by atoms with Crippen molar-refractivity contribution in [1.82, 2.24) is 4.90 Å². The Balaban J connectivity index is 1.84. The number of hydrogen-bond donors (Lipinski definition) is 0. The number of rotatable bonds is 5. The van der Waals surface area contributed by atoms with Gasteiger partial charge in [-0.2, -0.15) is 0 Å². The van der Waals surface area contributed by atoms with E-state index in [9.17, 15) is 4.79 Å². The van der Waals surface area contributed by atoms with Gasteiger partial charge in [0.05, 0.1) is 12.6 Å². The normalized spacial score (nSPS) is 17.6. The largest absolute Gasteiger partial charge is 0.378 e. The molecule has 0 bridgehead atoms. The highest BCUT2D eigenvalue weighted by molar-refractivity contribution is 9.10. The molecule has 0 aliphatic carbocycles. The van der Waals surface area contributed by atoms with Crippen LogP contribution in [-0.2, 0) is 4.74 Å². The summed E-state index contributed by atoms with van der Waals surface area (Å²) in [4.78, 5) is 14.4. The van der Waals surface area contributed by atoms with Gasteiger partial charge in [-0.15, -0.1) is 0 Å². The van der Waals surface area contributed by atoms with E-state index in [-0.39, 0.29) is 5.78 Å². The van der Waals surface area contributed by atoms with Crippen LogP contribution < -0.4 is 0 Å². The van der Waals surface area contributed by atoms with Gasteiger partial charge in [0.25, 0.3) is 0 Å². The van der Waals surface area contributed by atoms with E-state index >= 15 is 0 Å². The third-order valence-electron chi connectivity index (χ3n) is 3.45. The van der Waals surface area contributed by atoms with E-state index in [2.05, 4.69) is 20.8 Å². The van der Waals surface area contributed by atoms with E-state index in [4.69, 9.17) is 4.74 Å². The Labute approximate surface area is 123 Å². The summed E-state index contributed by atoms with van der Waals surface area (Å²) in [5.74, 6) is 0.191. The molecule has 1 saturated heterocycles. The lowest BCUT2D eigenvalue weighted by atomic mass is 10.1. The number of nitrogens with zero attached hydrogens (tertiary/aromatic N) is 1. The van der Waals surface area contributed by atoms with Crippen molar-refractivity contribution >= 4 is 21.7 Å². The molecule has 104 valence electrons. The van der Waals surface area contributed by atoms with Crippen LogP contribution >= 0.6 is 15.9 Å². The highest BCUT2D eigenvalue weighted by Crippen LogP contribution is 2.16. The molecule has 0 N–H and O–H groups in total. The van der Waals surface area contributed by atoms with Gasteiger partial charge in [-0.3, -0.25) is 9.69 Å². The van der Waals surface area contributed by atoms with Crippen molar-refractivity contribution in [2.24, 2.45) is 0 Å². The predicted octanol–water partition coefficient (Wildman–Crippen LogP) is 3.13. The van der Waals surface area contributed by atoms with Crippen LogP contribution in [0.1, 0.15) is 30.1 Å². The van der Waals surface area contributed by atoms with Crippen LogP contribution in [-0.4, -0.2) is 43.0 Å². The number of hydrogen-bond acceptors (Lipinski definition) is 3. The molecule has 1 aliphatic heterocycles. The molecule has 1 aliphatic rings. The number of carbonyl (C=O) groups is 1. The van der Waals surface area contributed by atoms with Crippen molar-refractivity contribution in [3.05, 3.63) is 34.3 Å². The zero-order valence-electron chi connectivity index (χ0n) is 11.3. The Morgan fingerprint density at radius 3 is 2.79 bits per heavy atom. The first-order valence-electron chi connectivity index (χ1n) is 6.81. The molecule has 0 radical (unpaired) electrons. The van der Waals surface area contributed by atoms with Crippen LogP contribution in [0.4, 0.5) is 0 Å². The van der Waals surface area contributed by atoms with Crippen molar-refractivity contribution in [1.29, 1.82) is 0 Å². The topological polar surface area (TPSA) is 29.5 Å². The number of likely N-dealkylation sites (tertiary alicyclic amines) is 1. The molecule has 0 atom stereocenters. The summed E-state index contributed by atoms with van der Waals surface area (Å²) in [5.41, 5.74) is 0.779. The molecule has 2 rings (SSSR count). The predicted molar refractivity (Wildman–Crippen MR) is 79.6 cm³/mol. The zero-order valence-corrected chi connectivity index (χ0v) is 12.9. The van der Waals surface area contributed by atoms with E-state index in [1.54, 1.807) is 0 Å². The van der Waals surface area contributed by atoms with Crippen LogP contribution in [0, 0.1) is 0 Å². The number of carbonyl (C=O) groups excluding carboxylic acids is 1. The fraction of sp³-hybridized carbons (Fsp3) is 0.533. The van der Waals surface area contributed by atoms with Crippen LogP contribution in [0.3, 0.4) is 0 Å². The molecule has 4 heteroatoms. The molecule has 1 aromatic rings. The van der Waals surface area contributed by atoms with E-state index in [0.717, 1.165) is 42.6 Å². The van der Waals surface area contributed by atoms with Gasteiger partial charge in [0.15, 0.2) is 5.78 Å². The van der Waals surface area contributed by atoms with E-state index < -0.39 is 0 Å². The van der Waals surface area contributed by atoms with Gasteiger partial charge in [-0.05, 0) is 31.9 Å². The first-order chi connectivity index (χ1) is 9.19. The number of ketones is 1. The maximum absolute atomic E-state index is 12.2. The Kier molecular flexibility index (Phi) is 5.55. The summed E-state index contributed by atoms with van der Waals surface area (Å²) in [5, 5.41) is 0. The Hall–Kier alpha value is -0.710. The lowest BCUT2D eigenvalue weighted by Gasteiger charge is -2.31. The molecule has 3 nitrogen and oxygen atoms in total. The Morgan fingerprint density at radius 1 is 1.42 bits per heavy atom. The summed E-state index contributed by atoms with van der Waals surface area (Å²) < 4.78 is 6.57. The highest BCUT2D eigenvalue weighted by Gasteiger charge is 2.21. The van der Waals surface area contributed by atoms with E-state index in [1.807, 2.05) is 31.2 Å². The number of benzene rings is 1. The highest BCUT2D eigenvalue weighted by atomic mass is 79.9. The first kappa shape index (κ1) is 14.7. The Morgan fingerprint density at radius 2 is 2.16 bits per heavy atom. The number of ether oxygens (including phenoxy) is 1. The molecule has 1 fully saturated rings. The molecular weight excluding hydrogens is 306 g/mol. The minimum absolute atomic E-state index is 0.191. The minimum atomic E-state index is 0.191. The second-order valence-electron chi connectivity index (χ2n) is 4.86. The molecule has 0 amide bonds. The summed E-state index contributed by atoms with van der Waals surface area (Å²) in [6.07, 6.45) is 2.43. The Bertz CT molecular complexity index is 428. The summed E-state index contributed by atoms with van der Waals surface area (Å²) >= 11 is 3.40. The maximum atomic E-state index is 12.2. The van der Waals surface area contributed by atoms with Gasteiger partial charge in [0.1, 0.15) is 0 Å².